The molecule has 7 heteroatoms. The van der Waals surface area contributed by atoms with E-state index in [4.69, 9.17) is 0 Å². The van der Waals surface area contributed by atoms with Crippen LogP contribution in [0.2, 0.25) is 0 Å². The van der Waals surface area contributed by atoms with Gasteiger partial charge >= 0.3 is 0 Å². The molecule has 0 aromatic heterocycles. The average Bonchev–Trinajstić information content (AvgIpc) is 2.51. The van der Waals surface area contributed by atoms with E-state index in [0.717, 1.165) is 25.5 Å². The van der Waals surface area contributed by atoms with Crippen LogP contribution in [-0.2, 0) is 22.8 Å². The van der Waals surface area contributed by atoms with Gasteiger partial charge in [0.15, 0.2) is 15.8 Å². The van der Waals surface area contributed by atoms with Crippen LogP contribution in [0.4, 0.5) is 0 Å². The van der Waals surface area contributed by atoms with Crippen molar-refractivity contribution in [2.45, 2.75) is 19.9 Å². The van der Waals surface area contributed by atoms with Gasteiger partial charge in [-0.1, -0.05) is 31.2 Å². The summed E-state index contributed by atoms with van der Waals surface area (Å²) in [6.07, 6.45) is 0.990. The Labute approximate surface area is 150 Å². The summed E-state index contributed by atoms with van der Waals surface area (Å²) in [4.78, 5) is 6.43. The van der Waals surface area contributed by atoms with Crippen LogP contribution in [0.25, 0.3) is 0 Å². The Bertz CT molecular complexity index is 617. The molecule has 1 N–H and O–H groups in total. The molecule has 1 aromatic rings. The second kappa shape index (κ2) is 8.71. The fourth-order valence-corrected chi connectivity index (χ4v) is 3.17. The predicted molar refractivity (Wildman–Crippen MR) is 102 cm³/mol. The van der Waals surface area contributed by atoms with Crippen molar-refractivity contribution in [1.29, 1.82) is 0 Å². The van der Waals surface area contributed by atoms with Crippen LogP contribution in [0, 0.1) is 0 Å². The zero-order chi connectivity index (χ0) is 15.3. The summed E-state index contributed by atoms with van der Waals surface area (Å²) >= 11 is 0. The number of hydrogen-bond donors (Lipinski definition) is 1. The molecule has 1 aromatic carbocycles. The number of sulfone groups is 1. The van der Waals surface area contributed by atoms with E-state index >= 15 is 0 Å². The Kier molecular flexibility index (Phi) is 7.61. The lowest BCUT2D eigenvalue weighted by molar-refractivity contribution is 0.380. The van der Waals surface area contributed by atoms with Crippen molar-refractivity contribution in [2.75, 3.05) is 31.6 Å². The molecular weight excluding hydrogens is 413 g/mol. The summed E-state index contributed by atoms with van der Waals surface area (Å²) in [5, 5.41) is 3.16. The van der Waals surface area contributed by atoms with E-state index in [2.05, 4.69) is 33.4 Å². The first kappa shape index (κ1) is 19.2. The maximum absolute atomic E-state index is 11.5. The van der Waals surface area contributed by atoms with Gasteiger partial charge in [-0.25, -0.2) is 8.42 Å². The molecule has 2 rings (SSSR count). The lowest BCUT2D eigenvalue weighted by atomic mass is 10.0. The first-order chi connectivity index (χ1) is 10.1. The van der Waals surface area contributed by atoms with Gasteiger partial charge < -0.3 is 10.2 Å². The number of guanidine groups is 1. The summed E-state index contributed by atoms with van der Waals surface area (Å²) in [5.41, 5.74) is 2.70. The summed E-state index contributed by atoms with van der Waals surface area (Å²) in [7, 11) is -1.21. The lowest BCUT2D eigenvalue weighted by Gasteiger charge is -2.31. The minimum atomic E-state index is -2.94. The van der Waals surface area contributed by atoms with Crippen LogP contribution in [0.3, 0.4) is 0 Å². The molecule has 1 aliphatic heterocycles. The molecule has 0 saturated carbocycles. The van der Waals surface area contributed by atoms with Gasteiger partial charge in [0.25, 0.3) is 0 Å². The predicted octanol–water partition coefficient (Wildman–Crippen LogP) is 1.67. The van der Waals surface area contributed by atoms with Crippen molar-refractivity contribution < 1.29 is 8.42 Å². The zero-order valence-electron chi connectivity index (χ0n) is 13.1. The second-order valence-electron chi connectivity index (χ2n) is 5.15. The molecule has 0 spiro atoms. The Balaban J connectivity index is 0.00000242. The SMILES string of the molecule is CCS(=O)(=O)CCNC(=NC)N1CCc2ccccc2C1.I. The minimum absolute atomic E-state index is 0. The highest BCUT2D eigenvalue weighted by Gasteiger charge is 2.18. The number of benzene rings is 1. The van der Waals surface area contributed by atoms with Crippen LogP contribution in [0.5, 0.6) is 0 Å². The molecule has 0 saturated heterocycles. The molecule has 124 valence electrons. The molecule has 1 aliphatic rings. The summed E-state index contributed by atoms with van der Waals surface area (Å²) < 4.78 is 23.0. The highest BCUT2D eigenvalue weighted by atomic mass is 127. The Hall–Kier alpha value is -0.830. The molecule has 1 heterocycles. The fourth-order valence-electron chi connectivity index (χ4n) is 2.47. The van der Waals surface area contributed by atoms with E-state index in [9.17, 15) is 8.42 Å². The Morgan fingerprint density at radius 2 is 2.00 bits per heavy atom. The third-order valence-electron chi connectivity index (χ3n) is 3.78. The number of nitrogens with one attached hydrogen (secondary N) is 1. The molecule has 0 amide bonds. The van der Waals surface area contributed by atoms with Crippen molar-refractivity contribution in [1.82, 2.24) is 10.2 Å². The van der Waals surface area contributed by atoms with Crippen molar-refractivity contribution in [2.24, 2.45) is 4.99 Å². The minimum Gasteiger partial charge on any atom is -0.355 e. The third-order valence-corrected chi connectivity index (χ3v) is 5.48. The van der Waals surface area contributed by atoms with Crippen LogP contribution in [0.15, 0.2) is 29.3 Å². The number of fused-ring (bicyclic) bond motifs is 1. The number of halogens is 1. The van der Waals surface area contributed by atoms with Gasteiger partial charge in [0, 0.05) is 32.4 Å². The smallest absolute Gasteiger partial charge is 0.193 e. The topological polar surface area (TPSA) is 61.8 Å². The maximum Gasteiger partial charge on any atom is 0.193 e. The van der Waals surface area contributed by atoms with Crippen LogP contribution in [0.1, 0.15) is 18.1 Å². The molecule has 0 aliphatic carbocycles. The molecule has 0 fully saturated rings. The van der Waals surface area contributed by atoms with Crippen molar-refractivity contribution in [3.8, 4) is 0 Å². The van der Waals surface area contributed by atoms with Crippen molar-refractivity contribution in [3.63, 3.8) is 0 Å². The lowest BCUT2D eigenvalue weighted by Crippen LogP contribution is -2.45. The first-order valence-corrected chi connectivity index (χ1v) is 9.10. The zero-order valence-corrected chi connectivity index (χ0v) is 16.2. The first-order valence-electron chi connectivity index (χ1n) is 7.28. The van der Waals surface area contributed by atoms with Gasteiger partial charge in [0.2, 0.25) is 0 Å². The van der Waals surface area contributed by atoms with Crippen molar-refractivity contribution in [3.05, 3.63) is 35.4 Å². The highest BCUT2D eigenvalue weighted by molar-refractivity contribution is 14.0. The summed E-state index contributed by atoms with van der Waals surface area (Å²) in [6, 6.07) is 8.41. The van der Waals surface area contributed by atoms with Gasteiger partial charge in [-0.05, 0) is 17.5 Å². The third kappa shape index (κ3) is 5.12. The Morgan fingerprint density at radius 1 is 1.32 bits per heavy atom. The standard InChI is InChI=1S/C15H23N3O2S.HI/c1-3-21(19,20)11-9-17-15(16-2)18-10-8-13-6-4-5-7-14(13)12-18;/h4-7H,3,8-12H2,1-2H3,(H,16,17);1H. The van der Waals surface area contributed by atoms with E-state index < -0.39 is 9.84 Å². The largest absolute Gasteiger partial charge is 0.355 e. The number of nitrogens with zero attached hydrogens (tertiary/aromatic N) is 2. The number of rotatable bonds is 4. The maximum atomic E-state index is 11.5. The van der Waals surface area contributed by atoms with Gasteiger partial charge in [0.1, 0.15) is 0 Å². The second-order valence-corrected chi connectivity index (χ2v) is 7.62. The summed E-state index contributed by atoms with van der Waals surface area (Å²) in [5.74, 6) is 1.10. The van der Waals surface area contributed by atoms with Crippen LogP contribution in [-0.4, -0.2) is 50.9 Å². The molecule has 0 unspecified atom stereocenters. The van der Waals surface area contributed by atoms with E-state index in [0.29, 0.717) is 6.54 Å². The van der Waals surface area contributed by atoms with Crippen LogP contribution < -0.4 is 5.32 Å². The van der Waals surface area contributed by atoms with Gasteiger partial charge in [-0.15, -0.1) is 24.0 Å². The van der Waals surface area contributed by atoms with E-state index in [-0.39, 0.29) is 35.5 Å². The molecule has 0 atom stereocenters. The van der Waals surface area contributed by atoms with E-state index in [1.54, 1.807) is 14.0 Å². The average molecular weight is 437 g/mol. The summed E-state index contributed by atoms with van der Waals surface area (Å²) in [6.45, 7) is 3.79. The monoisotopic (exact) mass is 437 g/mol. The quantitative estimate of drug-likeness (QED) is 0.443. The van der Waals surface area contributed by atoms with Gasteiger partial charge in [-0.3, -0.25) is 4.99 Å². The van der Waals surface area contributed by atoms with Crippen LogP contribution >= 0.6 is 24.0 Å². The van der Waals surface area contributed by atoms with Gasteiger partial charge in [0.05, 0.1) is 5.75 Å². The fraction of sp³-hybridized carbons (Fsp3) is 0.533. The molecule has 0 bridgehead atoms. The van der Waals surface area contributed by atoms with Crippen molar-refractivity contribution >= 4 is 39.8 Å². The van der Waals surface area contributed by atoms with E-state index in [1.807, 2.05) is 6.07 Å². The molecule has 5 nitrogen and oxygen atoms in total. The number of hydrogen-bond acceptors (Lipinski definition) is 3. The van der Waals surface area contributed by atoms with E-state index in [1.165, 1.54) is 11.1 Å². The molecule has 22 heavy (non-hydrogen) atoms. The molecular formula is C15H24IN3O2S. The highest BCUT2D eigenvalue weighted by Crippen LogP contribution is 2.18. The normalized spacial score (nSPS) is 15.0. The Morgan fingerprint density at radius 3 is 2.64 bits per heavy atom. The molecule has 0 radical (unpaired) electrons. The van der Waals surface area contributed by atoms with Gasteiger partial charge in [-0.2, -0.15) is 0 Å². The number of aliphatic imine (C=N–C) groups is 1.